The molecule has 1 amide bonds. The van der Waals surface area contributed by atoms with Crippen molar-refractivity contribution >= 4 is 5.91 Å². The molecule has 0 aliphatic carbocycles. The van der Waals surface area contributed by atoms with Gasteiger partial charge in [0.2, 0.25) is 5.91 Å². The zero-order chi connectivity index (χ0) is 11.7. The SMILES string of the molecule is CC(c1ccc(F)cc1)N1CCC(N)C1=O. The molecular weight excluding hydrogens is 207 g/mol. The largest absolute Gasteiger partial charge is 0.335 e. The summed E-state index contributed by atoms with van der Waals surface area (Å²) in [6, 6.07) is 5.82. The second kappa shape index (κ2) is 4.22. The van der Waals surface area contributed by atoms with Gasteiger partial charge in [0, 0.05) is 6.54 Å². The van der Waals surface area contributed by atoms with Crippen LogP contribution in [-0.4, -0.2) is 23.4 Å². The van der Waals surface area contributed by atoms with Crippen LogP contribution in [0.2, 0.25) is 0 Å². The molecule has 1 aliphatic heterocycles. The molecule has 1 saturated heterocycles. The number of likely N-dealkylation sites (tertiary alicyclic amines) is 1. The summed E-state index contributed by atoms with van der Waals surface area (Å²) in [5.41, 5.74) is 6.59. The third-order valence-corrected chi connectivity index (χ3v) is 3.10. The van der Waals surface area contributed by atoms with Gasteiger partial charge in [-0.25, -0.2) is 4.39 Å². The van der Waals surface area contributed by atoms with E-state index < -0.39 is 0 Å². The van der Waals surface area contributed by atoms with Gasteiger partial charge < -0.3 is 10.6 Å². The molecular formula is C12H15FN2O. The summed E-state index contributed by atoms with van der Waals surface area (Å²) in [4.78, 5) is 13.5. The normalized spacial score (nSPS) is 22.6. The molecule has 0 radical (unpaired) electrons. The molecule has 1 fully saturated rings. The van der Waals surface area contributed by atoms with Crippen LogP contribution in [0.1, 0.15) is 24.9 Å². The number of hydrogen-bond donors (Lipinski definition) is 1. The van der Waals surface area contributed by atoms with E-state index in [2.05, 4.69) is 0 Å². The number of benzene rings is 1. The van der Waals surface area contributed by atoms with Crippen molar-refractivity contribution in [3.63, 3.8) is 0 Å². The molecule has 1 heterocycles. The van der Waals surface area contributed by atoms with E-state index in [0.29, 0.717) is 13.0 Å². The number of amides is 1. The van der Waals surface area contributed by atoms with Crippen molar-refractivity contribution in [2.24, 2.45) is 5.73 Å². The first-order chi connectivity index (χ1) is 7.59. The molecule has 4 heteroatoms. The topological polar surface area (TPSA) is 46.3 Å². The Labute approximate surface area is 94.0 Å². The van der Waals surface area contributed by atoms with Crippen LogP contribution in [0.15, 0.2) is 24.3 Å². The van der Waals surface area contributed by atoms with Crippen molar-refractivity contribution in [2.45, 2.75) is 25.4 Å². The van der Waals surface area contributed by atoms with E-state index in [4.69, 9.17) is 5.73 Å². The molecule has 1 aromatic carbocycles. The van der Waals surface area contributed by atoms with Crippen LogP contribution >= 0.6 is 0 Å². The molecule has 0 bridgehead atoms. The van der Waals surface area contributed by atoms with Crippen molar-refractivity contribution in [3.8, 4) is 0 Å². The van der Waals surface area contributed by atoms with E-state index in [1.54, 1.807) is 17.0 Å². The third-order valence-electron chi connectivity index (χ3n) is 3.10. The van der Waals surface area contributed by atoms with Crippen molar-refractivity contribution in [3.05, 3.63) is 35.6 Å². The monoisotopic (exact) mass is 222 g/mol. The lowest BCUT2D eigenvalue weighted by molar-refractivity contribution is -0.130. The van der Waals surface area contributed by atoms with Gasteiger partial charge in [-0.05, 0) is 31.0 Å². The Morgan fingerprint density at radius 2 is 2.06 bits per heavy atom. The maximum Gasteiger partial charge on any atom is 0.240 e. The van der Waals surface area contributed by atoms with Crippen LogP contribution in [-0.2, 0) is 4.79 Å². The molecule has 1 aliphatic rings. The maximum atomic E-state index is 12.8. The van der Waals surface area contributed by atoms with E-state index in [1.807, 2.05) is 6.92 Å². The Morgan fingerprint density at radius 1 is 1.44 bits per heavy atom. The predicted molar refractivity (Wildman–Crippen MR) is 59.1 cm³/mol. The summed E-state index contributed by atoms with van der Waals surface area (Å²) in [7, 11) is 0. The van der Waals surface area contributed by atoms with Gasteiger partial charge in [0.05, 0.1) is 12.1 Å². The smallest absolute Gasteiger partial charge is 0.240 e. The molecule has 2 unspecified atom stereocenters. The number of halogens is 1. The Morgan fingerprint density at radius 3 is 2.56 bits per heavy atom. The molecule has 0 spiro atoms. The summed E-state index contributed by atoms with van der Waals surface area (Å²) < 4.78 is 12.8. The van der Waals surface area contributed by atoms with Crippen molar-refractivity contribution in [1.82, 2.24) is 4.90 Å². The highest BCUT2D eigenvalue weighted by Crippen LogP contribution is 2.25. The second-order valence-electron chi connectivity index (χ2n) is 4.15. The van der Waals surface area contributed by atoms with Gasteiger partial charge in [0.25, 0.3) is 0 Å². The molecule has 0 saturated carbocycles. The highest BCUT2D eigenvalue weighted by atomic mass is 19.1. The lowest BCUT2D eigenvalue weighted by atomic mass is 10.1. The standard InChI is InChI=1S/C12H15FN2O/c1-8(9-2-4-10(13)5-3-9)15-7-6-11(14)12(15)16/h2-5,8,11H,6-7,14H2,1H3. The van der Waals surface area contributed by atoms with Crippen LogP contribution in [0, 0.1) is 5.82 Å². The number of hydrogen-bond acceptors (Lipinski definition) is 2. The first-order valence-corrected chi connectivity index (χ1v) is 5.41. The van der Waals surface area contributed by atoms with Crippen LogP contribution < -0.4 is 5.73 Å². The van der Waals surface area contributed by atoms with E-state index in [1.165, 1.54) is 12.1 Å². The number of nitrogens with zero attached hydrogens (tertiary/aromatic N) is 1. The Bertz CT molecular complexity index is 391. The lowest BCUT2D eigenvalue weighted by Crippen LogP contribution is -2.35. The molecule has 2 atom stereocenters. The molecule has 2 rings (SSSR count). The van der Waals surface area contributed by atoms with Gasteiger partial charge in [-0.2, -0.15) is 0 Å². The number of carbonyl (C=O) groups is 1. The minimum absolute atomic E-state index is 0.0168. The van der Waals surface area contributed by atoms with Gasteiger partial charge >= 0.3 is 0 Å². The number of carbonyl (C=O) groups excluding carboxylic acids is 1. The second-order valence-corrected chi connectivity index (χ2v) is 4.15. The Kier molecular flexibility index (Phi) is 2.92. The summed E-state index contributed by atoms with van der Waals surface area (Å²) in [6.07, 6.45) is 0.699. The average molecular weight is 222 g/mol. The highest BCUT2D eigenvalue weighted by Gasteiger charge is 2.32. The van der Waals surface area contributed by atoms with Gasteiger partial charge in [0.15, 0.2) is 0 Å². The first-order valence-electron chi connectivity index (χ1n) is 5.41. The summed E-state index contributed by atoms with van der Waals surface area (Å²) in [6.45, 7) is 2.61. The van der Waals surface area contributed by atoms with Gasteiger partial charge in [0.1, 0.15) is 5.82 Å². The molecule has 1 aromatic rings. The molecule has 2 N–H and O–H groups in total. The minimum Gasteiger partial charge on any atom is -0.335 e. The molecule has 86 valence electrons. The number of nitrogens with two attached hydrogens (primary N) is 1. The summed E-state index contributed by atoms with van der Waals surface area (Å²) in [5.74, 6) is -0.280. The first kappa shape index (κ1) is 11.1. The van der Waals surface area contributed by atoms with Gasteiger partial charge in [-0.15, -0.1) is 0 Å². The Balaban J connectivity index is 2.16. The lowest BCUT2D eigenvalue weighted by Gasteiger charge is -2.24. The van der Waals surface area contributed by atoms with Crippen LogP contribution in [0.25, 0.3) is 0 Å². The van der Waals surface area contributed by atoms with Crippen molar-refractivity contribution in [1.29, 1.82) is 0 Å². The zero-order valence-electron chi connectivity index (χ0n) is 9.19. The molecule has 0 aromatic heterocycles. The van der Waals surface area contributed by atoms with Crippen LogP contribution in [0.5, 0.6) is 0 Å². The van der Waals surface area contributed by atoms with Gasteiger partial charge in [-0.3, -0.25) is 4.79 Å². The quantitative estimate of drug-likeness (QED) is 0.823. The fourth-order valence-electron chi connectivity index (χ4n) is 2.03. The minimum atomic E-state index is -0.372. The summed E-state index contributed by atoms with van der Waals surface area (Å²) in [5, 5.41) is 0. The molecule has 3 nitrogen and oxygen atoms in total. The average Bonchev–Trinajstić information content (AvgIpc) is 2.60. The van der Waals surface area contributed by atoms with E-state index >= 15 is 0 Å². The fraction of sp³-hybridized carbons (Fsp3) is 0.417. The van der Waals surface area contributed by atoms with Crippen LogP contribution in [0.3, 0.4) is 0 Å². The van der Waals surface area contributed by atoms with Gasteiger partial charge in [-0.1, -0.05) is 12.1 Å². The van der Waals surface area contributed by atoms with E-state index in [9.17, 15) is 9.18 Å². The fourth-order valence-corrected chi connectivity index (χ4v) is 2.03. The van der Waals surface area contributed by atoms with E-state index in [-0.39, 0.29) is 23.8 Å². The predicted octanol–water partition coefficient (Wildman–Crippen LogP) is 1.45. The van der Waals surface area contributed by atoms with Crippen molar-refractivity contribution < 1.29 is 9.18 Å². The maximum absolute atomic E-state index is 12.8. The van der Waals surface area contributed by atoms with Crippen LogP contribution in [0.4, 0.5) is 4.39 Å². The van der Waals surface area contributed by atoms with E-state index in [0.717, 1.165) is 5.56 Å². The Hall–Kier alpha value is -1.42. The zero-order valence-corrected chi connectivity index (χ0v) is 9.19. The molecule has 16 heavy (non-hydrogen) atoms. The third kappa shape index (κ3) is 1.93. The highest BCUT2D eigenvalue weighted by molar-refractivity contribution is 5.84. The number of rotatable bonds is 2. The van der Waals surface area contributed by atoms with Crippen molar-refractivity contribution in [2.75, 3.05) is 6.54 Å². The summed E-state index contributed by atoms with van der Waals surface area (Å²) >= 11 is 0.